The quantitative estimate of drug-likeness (QED) is 0.785. The van der Waals surface area contributed by atoms with Crippen LogP contribution in [0.3, 0.4) is 0 Å². The van der Waals surface area contributed by atoms with Crippen LogP contribution in [0.25, 0.3) is 11.5 Å². The van der Waals surface area contributed by atoms with Crippen molar-refractivity contribution >= 4 is 5.97 Å². The summed E-state index contributed by atoms with van der Waals surface area (Å²) in [6.07, 6.45) is 0. The van der Waals surface area contributed by atoms with Gasteiger partial charge in [-0.05, 0) is 35.3 Å². The molecule has 19 heavy (non-hydrogen) atoms. The third-order valence-electron chi connectivity index (χ3n) is 2.85. The molecule has 0 N–H and O–H groups in total. The van der Waals surface area contributed by atoms with Crippen molar-refractivity contribution in [2.45, 2.75) is 20.1 Å². The van der Waals surface area contributed by atoms with Crippen LogP contribution in [0.5, 0.6) is 0 Å². The molecule has 3 rings (SSSR count). The normalized spacial score (nSPS) is 13.3. The Morgan fingerprint density at radius 2 is 2.21 bits per heavy atom. The molecule has 0 bridgehead atoms. The molecule has 2 heterocycles. The zero-order chi connectivity index (χ0) is 13.2. The molecule has 1 aromatic heterocycles. The van der Waals surface area contributed by atoms with E-state index in [-0.39, 0.29) is 12.4 Å². The largest absolute Gasteiger partial charge is 0.460 e. The molecule has 6 heteroatoms. The second kappa shape index (κ2) is 4.81. The van der Waals surface area contributed by atoms with Gasteiger partial charge in [0.15, 0.2) is 0 Å². The average Bonchev–Trinajstić information content (AvgIpc) is 3.07. The van der Waals surface area contributed by atoms with Crippen LogP contribution in [0.1, 0.15) is 28.7 Å². The molecule has 1 aliphatic rings. The van der Waals surface area contributed by atoms with E-state index < -0.39 is 5.97 Å². The van der Waals surface area contributed by atoms with Gasteiger partial charge in [-0.2, -0.15) is 4.98 Å². The highest BCUT2D eigenvalue weighted by molar-refractivity contribution is 5.85. The molecule has 0 radical (unpaired) electrons. The second-order valence-electron chi connectivity index (χ2n) is 4.12. The third-order valence-corrected chi connectivity index (χ3v) is 2.85. The smallest absolute Gasteiger partial charge is 0.379 e. The standard InChI is InChI=1S/C13H12N2O4/c1-2-18-13(16)11-14-12(19-15-11)8-3-4-9-6-17-7-10(9)5-8/h3-5H,2,6-7H2,1H3. The van der Waals surface area contributed by atoms with Gasteiger partial charge in [-0.15, -0.1) is 0 Å². The number of esters is 1. The van der Waals surface area contributed by atoms with Gasteiger partial charge in [0.1, 0.15) is 0 Å². The van der Waals surface area contributed by atoms with Crippen LogP contribution in [0.15, 0.2) is 22.7 Å². The van der Waals surface area contributed by atoms with E-state index in [9.17, 15) is 4.79 Å². The predicted molar refractivity (Wildman–Crippen MR) is 64.2 cm³/mol. The van der Waals surface area contributed by atoms with E-state index in [1.165, 1.54) is 0 Å². The van der Waals surface area contributed by atoms with Gasteiger partial charge in [0.05, 0.1) is 19.8 Å². The van der Waals surface area contributed by atoms with Crippen LogP contribution in [0, 0.1) is 0 Å². The Labute approximate surface area is 109 Å². The summed E-state index contributed by atoms with van der Waals surface area (Å²) in [6.45, 7) is 3.22. The molecule has 0 saturated carbocycles. The fourth-order valence-corrected chi connectivity index (χ4v) is 1.92. The third kappa shape index (κ3) is 2.22. The van der Waals surface area contributed by atoms with Crippen LogP contribution in [-0.2, 0) is 22.7 Å². The Hall–Kier alpha value is -2.21. The highest BCUT2D eigenvalue weighted by atomic mass is 16.5. The second-order valence-corrected chi connectivity index (χ2v) is 4.12. The molecule has 0 amide bonds. The zero-order valence-electron chi connectivity index (χ0n) is 10.4. The number of fused-ring (bicyclic) bond motifs is 1. The summed E-state index contributed by atoms with van der Waals surface area (Å²) >= 11 is 0. The van der Waals surface area contributed by atoms with Crippen molar-refractivity contribution < 1.29 is 18.8 Å². The van der Waals surface area contributed by atoms with Crippen LogP contribution in [0.2, 0.25) is 0 Å². The topological polar surface area (TPSA) is 74.5 Å². The van der Waals surface area contributed by atoms with Gasteiger partial charge in [0.25, 0.3) is 11.7 Å². The van der Waals surface area contributed by atoms with Crippen molar-refractivity contribution in [1.82, 2.24) is 10.1 Å². The lowest BCUT2D eigenvalue weighted by Crippen LogP contribution is -2.06. The lowest BCUT2D eigenvalue weighted by atomic mass is 10.1. The summed E-state index contributed by atoms with van der Waals surface area (Å²) in [4.78, 5) is 15.5. The monoisotopic (exact) mass is 260 g/mol. The van der Waals surface area contributed by atoms with Crippen molar-refractivity contribution in [3.05, 3.63) is 35.2 Å². The fourth-order valence-electron chi connectivity index (χ4n) is 1.92. The molecular weight excluding hydrogens is 248 g/mol. The first kappa shape index (κ1) is 11.9. The number of ether oxygens (including phenoxy) is 2. The first-order valence-corrected chi connectivity index (χ1v) is 5.98. The molecule has 0 unspecified atom stereocenters. The Kier molecular flexibility index (Phi) is 3.00. The van der Waals surface area contributed by atoms with Gasteiger partial charge < -0.3 is 14.0 Å². The maximum absolute atomic E-state index is 11.4. The molecule has 2 aromatic rings. The summed E-state index contributed by atoms with van der Waals surface area (Å²) in [7, 11) is 0. The molecule has 0 saturated heterocycles. The number of rotatable bonds is 3. The van der Waals surface area contributed by atoms with Crippen LogP contribution in [-0.4, -0.2) is 22.7 Å². The number of nitrogens with zero attached hydrogens (tertiary/aromatic N) is 2. The summed E-state index contributed by atoms with van der Waals surface area (Å²) in [6, 6.07) is 5.77. The summed E-state index contributed by atoms with van der Waals surface area (Å²) < 4.78 is 15.2. The first-order chi connectivity index (χ1) is 9.28. The number of carbonyl (C=O) groups is 1. The molecular formula is C13H12N2O4. The van der Waals surface area contributed by atoms with Gasteiger partial charge in [-0.25, -0.2) is 4.79 Å². The molecule has 0 spiro atoms. The van der Waals surface area contributed by atoms with Gasteiger partial charge in [0.2, 0.25) is 0 Å². The van der Waals surface area contributed by atoms with E-state index in [1.54, 1.807) is 6.92 Å². The van der Waals surface area contributed by atoms with E-state index in [0.29, 0.717) is 19.1 Å². The Bertz CT molecular complexity index is 621. The van der Waals surface area contributed by atoms with Crippen LogP contribution < -0.4 is 0 Å². The summed E-state index contributed by atoms with van der Waals surface area (Å²) in [5, 5.41) is 3.61. The highest BCUT2D eigenvalue weighted by Gasteiger charge is 2.18. The van der Waals surface area contributed by atoms with E-state index in [2.05, 4.69) is 10.1 Å². The van der Waals surface area contributed by atoms with Crippen LogP contribution in [0.4, 0.5) is 0 Å². The number of carbonyl (C=O) groups excluding carboxylic acids is 1. The fraction of sp³-hybridized carbons (Fsp3) is 0.308. The Morgan fingerprint density at radius 1 is 1.37 bits per heavy atom. The maximum Gasteiger partial charge on any atom is 0.379 e. The molecule has 1 aromatic carbocycles. The van der Waals surface area contributed by atoms with Crippen molar-refractivity contribution in [2.24, 2.45) is 0 Å². The number of hydrogen-bond acceptors (Lipinski definition) is 6. The van der Waals surface area contributed by atoms with Crippen molar-refractivity contribution in [1.29, 1.82) is 0 Å². The highest BCUT2D eigenvalue weighted by Crippen LogP contribution is 2.26. The van der Waals surface area contributed by atoms with Crippen molar-refractivity contribution in [2.75, 3.05) is 6.61 Å². The Balaban J connectivity index is 1.88. The van der Waals surface area contributed by atoms with E-state index in [1.807, 2.05) is 18.2 Å². The predicted octanol–water partition coefficient (Wildman–Crippen LogP) is 1.94. The van der Waals surface area contributed by atoms with Gasteiger partial charge >= 0.3 is 5.97 Å². The molecule has 0 atom stereocenters. The molecule has 0 aliphatic carbocycles. The van der Waals surface area contributed by atoms with E-state index in [0.717, 1.165) is 16.7 Å². The van der Waals surface area contributed by atoms with Crippen molar-refractivity contribution in [3.63, 3.8) is 0 Å². The maximum atomic E-state index is 11.4. The lowest BCUT2D eigenvalue weighted by Gasteiger charge is -1.98. The number of aromatic nitrogens is 2. The van der Waals surface area contributed by atoms with Crippen molar-refractivity contribution in [3.8, 4) is 11.5 Å². The minimum Gasteiger partial charge on any atom is -0.460 e. The molecule has 1 aliphatic heterocycles. The summed E-state index contributed by atoms with van der Waals surface area (Å²) in [5.41, 5.74) is 3.04. The average molecular weight is 260 g/mol. The molecule has 0 fully saturated rings. The van der Waals surface area contributed by atoms with E-state index in [4.69, 9.17) is 14.0 Å². The molecule has 98 valence electrons. The molecule has 6 nitrogen and oxygen atoms in total. The minimum atomic E-state index is -0.581. The zero-order valence-corrected chi connectivity index (χ0v) is 10.4. The Morgan fingerprint density at radius 3 is 3.05 bits per heavy atom. The first-order valence-electron chi connectivity index (χ1n) is 5.98. The van der Waals surface area contributed by atoms with Gasteiger partial charge in [0, 0.05) is 5.56 Å². The van der Waals surface area contributed by atoms with Gasteiger partial charge in [-0.3, -0.25) is 0 Å². The van der Waals surface area contributed by atoms with Gasteiger partial charge in [-0.1, -0.05) is 6.07 Å². The minimum absolute atomic E-state index is 0.0615. The SMILES string of the molecule is CCOC(=O)c1noc(-c2ccc3c(c2)COC3)n1. The summed E-state index contributed by atoms with van der Waals surface area (Å²) in [5.74, 6) is -0.339. The number of hydrogen-bond donors (Lipinski definition) is 0. The lowest BCUT2D eigenvalue weighted by molar-refractivity contribution is 0.0508. The van der Waals surface area contributed by atoms with Crippen LogP contribution >= 0.6 is 0 Å². The van der Waals surface area contributed by atoms with E-state index >= 15 is 0 Å². The number of benzene rings is 1.